The van der Waals surface area contributed by atoms with Crippen LogP contribution in [-0.2, 0) is 0 Å². The summed E-state index contributed by atoms with van der Waals surface area (Å²) in [6.07, 6.45) is 2.56. The van der Waals surface area contributed by atoms with Crippen LogP contribution in [0.2, 0.25) is 0 Å². The number of benzene rings is 1. The summed E-state index contributed by atoms with van der Waals surface area (Å²) in [4.78, 5) is 7.79. The molecule has 0 amide bonds. The number of hydrogen-bond donors (Lipinski definition) is 3. The van der Waals surface area contributed by atoms with E-state index in [4.69, 9.17) is 0 Å². The fourth-order valence-corrected chi connectivity index (χ4v) is 3.19. The standard InChI is InChI=1S/C15H22N4/c1-10-18-13-6-5-11(8-14(13)19-10)15(16-2)12-4-3-7-17-9-12/h5-6,8,12,15-17H,3-4,7,9H2,1-2H3,(H,18,19). The van der Waals surface area contributed by atoms with Crippen LogP contribution in [0.15, 0.2) is 18.2 Å². The third-order valence-corrected chi connectivity index (χ3v) is 4.10. The molecular weight excluding hydrogens is 236 g/mol. The molecule has 1 fully saturated rings. The Bertz CT molecular complexity index is 554. The molecule has 2 unspecified atom stereocenters. The van der Waals surface area contributed by atoms with E-state index in [2.05, 4.69) is 45.8 Å². The summed E-state index contributed by atoms with van der Waals surface area (Å²) in [6, 6.07) is 6.99. The maximum Gasteiger partial charge on any atom is 0.104 e. The van der Waals surface area contributed by atoms with Crippen LogP contribution in [0.4, 0.5) is 0 Å². The van der Waals surface area contributed by atoms with Gasteiger partial charge in [-0.1, -0.05) is 6.07 Å². The molecule has 3 N–H and O–H groups in total. The molecule has 0 saturated carbocycles. The SMILES string of the molecule is CNC(c1ccc2nc(C)[nH]c2c1)C1CCCNC1. The summed E-state index contributed by atoms with van der Waals surface area (Å²) in [5.74, 6) is 1.65. The number of fused-ring (bicyclic) bond motifs is 1. The fraction of sp³-hybridized carbons (Fsp3) is 0.533. The van der Waals surface area contributed by atoms with Gasteiger partial charge in [-0.05, 0) is 63.5 Å². The Morgan fingerprint density at radius 1 is 1.42 bits per heavy atom. The number of aryl methyl sites for hydroxylation is 1. The van der Waals surface area contributed by atoms with Gasteiger partial charge in [0.2, 0.25) is 0 Å². The van der Waals surface area contributed by atoms with Gasteiger partial charge >= 0.3 is 0 Å². The van der Waals surface area contributed by atoms with Gasteiger partial charge in [0.25, 0.3) is 0 Å². The second-order valence-electron chi connectivity index (χ2n) is 5.47. The molecule has 1 aliphatic heterocycles. The van der Waals surface area contributed by atoms with Crippen molar-refractivity contribution in [2.75, 3.05) is 20.1 Å². The van der Waals surface area contributed by atoms with E-state index in [9.17, 15) is 0 Å². The van der Waals surface area contributed by atoms with E-state index in [-0.39, 0.29) is 0 Å². The first-order chi connectivity index (χ1) is 9.28. The Labute approximate surface area is 114 Å². The molecule has 1 aromatic heterocycles. The molecule has 1 aliphatic rings. The first kappa shape index (κ1) is 12.6. The highest BCUT2D eigenvalue weighted by Crippen LogP contribution is 2.28. The summed E-state index contributed by atoms with van der Waals surface area (Å²) in [5, 5.41) is 6.99. The van der Waals surface area contributed by atoms with Gasteiger partial charge in [0.1, 0.15) is 5.82 Å². The Morgan fingerprint density at radius 2 is 2.32 bits per heavy atom. The highest BCUT2D eigenvalue weighted by atomic mass is 14.9. The number of piperidine rings is 1. The monoisotopic (exact) mass is 258 g/mol. The topological polar surface area (TPSA) is 52.7 Å². The van der Waals surface area contributed by atoms with E-state index in [0.717, 1.165) is 29.9 Å². The molecule has 0 spiro atoms. The van der Waals surface area contributed by atoms with Gasteiger partial charge in [-0.2, -0.15) is 0 Å². The van der Waals surface area contributed by atoms with E-state index < -0.39 is 0 Å². The zero-order valence-corrected chi connectivity index (χ0v) is 11.7. The molecule has 0 radical (unpaired) electrons. The molecule has 4 nitrogen and oxygen atoms in total. The summed E-state index contributed by atoms with van der Waals surface area (Å²) >= 11 is 0. The minimum absolute atomic E-state index is 0.417. The number of aromatic nitrogens is 2. The predicted octanol–water partition coefficient (Wildman–Crippen LogP) is 2.13. The van der Waals surface area contributed by atoms with Crippen molar-refractivity contribution >= 4 is 11.0 Å². The van der Waals surface area contributed by atoms with Crippen LogP contribution in [0.1, 0.15) is 30.3 Å². The molecule has 1 aromatic carbocycles. The van der Waals surface area contributed by atoms with Crippen LogP contribution >= 0.6 is 0 Å². The largest absolute Gasteiger partial charge is 0.342 e. The lowest BCUT2D eigenvalue weighted by Crippen LogP contribution is -2.37. The van der Waals surface area contributed by atoms with Gasteiger partial charge < -0.3 is 15.6 Å². The lowest BCUT2D eigenvalue weighted by Gasteiger charge is -2.31. The first-order valence-electron chi connectivity index (χ1n) is 7.12. The van der Waals surface area contributed by atoms with Crippen molar-refractivity contribution < 1.29 is 0 Å². The molecule has 19 heavy (non-hydrogen) atoms. The van der Waals surface area contributed by atoms with E-state index in [1.807, 2.05) is 6.92 Å². The number of imidazole rings is 1. The van der Waals surface area contributed by atoms with Crippen molar-refractivity contribution in [2.24, 2.45) is 5.92 Å². The number of H-pyrrole nitrogens is 1. The molecule has 4 heteroatoms. The summed E-state index contributed by atoms with van der Waals surface area (Å²) in [7, 11) is 2.06. The zero-order chi connectivity index (χ0) is 13.2. The summed E-state index contributed by atoms with van der Waals surface area (Å²) in [6.45, 7) is 4.26. The maximum atomic E-state index is 4.46. The minimum Gasteiger partial charge on any atom is -0.342 e. The quantitative estimate of drug-likeness (QED) is 0.790. The molecule has 3 rings (SSSR count). The molecule has 2 aromatic rings. The molecule has 2 heterocycles. The van der Waals surface area contributed by atoms with Crippen LogP contribution in [0, 0.1) is 12.8 Å². The smallest absolute Gasteiger partial charge is 0.104 e. The van der Waals surface area contributed by atoms with Crippen molar-refractivity contribution in [1.29, 1.82) is 0 Å². The Kier molecular flexibility index (Phi) is 3.53. The number of nitrogens with zero attached hydrogens (tertiary/aromatic N) is 1. The van der Waals surface area contributed by atoms with Crippen LogP contribution in [0.5, 0.6) is 0 Å². The minimum atomic E-state index is 0.417. The van der Waals surface area contributed by atoms with Gasteiger partial charge in [0, 0.05) is 6.04 Å². The van der Waals surface area contributed by atoms with Gasteiger partial charge in [0.15, 0.2) is 0 Å². The van der Waals surface area contributed by atoms with Crippen molar-refractivity contribution in [1.82, 2.24) is 20.6 Å². The Hall–Kier alpha value is -1.39. The van der Waals surface area contributed by atoms with Gasteiger partial charge in [-0.3, -0.25) is 0 Å². The highest BCUT2D eigenvalue weighted by Gasteiger charge is 2.23. The van der Waals surface area contributed by atoms with Gasteiger partial charge in [-0.25, -0.2) is 4.98 Å². The Morgan fingerprint density at radius 3 is 3.05 bits per heavy atom. The average Bonchev–Trinajstić information content (AvgIpc) is 2.80. The molecule has 2 atom stereocenters. The van der Waals surface area contributed by atoms with Crippen molar-refractivity contribution in [3.63, 3.8) is 0 Å². The van der Waals surface area contributed by atoms with E-state index >= 15 is 0 Å². The molecular formula is C15H22N4. The van der Waals surface area contributed by atoms with Crippen LogP contribution in [-0.4, -0.2) is 30.1 Å². The highest BCUT2D eigenvalue weighted by molar-refractivity contribution is 5.76. The van der Waals surface area contributed by atoms with Crippen LogP contribution in [0.25, 0.3) is 11.0 Å². The second kappa shape index (κ2) is 5.31. The third-order valence-electron chi connectivity index (χ3n) is 4.10. The fourth-order valence-electron chi connectivity index (χ4n) is 3.19. The maximum absolute atomic E-state index is 4.46. The molecule has 0 bridgehead atoms. The van der Waals surface area contributed by atoms with Crippen LogP contribution < -0.4 is 10.6 Å². The van der Waals surface area contributed by atoms with Gasteiger partial charge in [-0.15, -0.1) is 0 Å². The van der Waals surface area contributed by atoms with Crippen molar-refractivity contribution in [3.05, 3.63) is 29.6 Å². The normalized spacial score (nSPS) is 21.7. The van der Waals surface area contributed by atoms with E-state index in [1.54, 1.807) is 0 Å². The number of rotatable bonds is 3. The summed E-state index contributed by atoms with van der Waals surface area (Å²) < 4.78 is 0. The average molecular weight is 258 g/mol. The molecule has 102 valence electrons. The second-order valence-corrected chi connectivity index (χ2v) is 5.47. The Balaban J connectivity index is 1.91. The van der Waals surface area contributed by atoms with Crippen LogP contribution in [0.3, 0.4) is 0 Å². The van der Waals surface area contributed by atoms with Gasteiger partial charge in [0.05, 0.1) is 11.0 Å². The lowest BCUT2D eigenvalue weighted by atomic mass is 9.87. The number of hydrogen-bond acceptors (Lipinski definition) is 3. The molecule has 0 aliphatic carbocycles. The molecule has 1 saturated heterocycles. The first-order valence-corrected chi connectivity index (χ1v) is 7.12. The van der Waals surface area contributed by atoms with Crippen molar-refractivity contribution in [3.8, 4) is 0 Å². The number of nitrogens with one attached hydrogen (secondary N) is 3. The zero-order valence-electron chi connectivity index (χ0n) is 11.7. The summed E-state index contributed by atoms with van der Waals surface area (Å²) in [5.41, 5.74) is 3.55. The lowest BCUT2D eigenvalue weighted by molar-refractivity contribution is 0.298. The third kappa shape index (κ3) is 2.51. The number of aromatic amines is 1. The van der Waals surface area contributed by atoms with E-state index in [1.165, 1.54) is 18.4 Å². The van der Waals surface area contributed by atoms with Crippen molar-refractivity contribution in [2.45, 2.75) is 25.8 Å². The predicted molar refractivity (Wildman–Crippen MR) is 78.2 cm³/mol. The van der Waals surface area contributed by atoms with E-state index in [0.29, 0.717) is 12.0 Å².